The van der Waals surface area contributed by atoms with Crippen molar-refractivity contribution in [2.45, 2.75) is 17.3 Å². The number of nitrogens with zero attached hydrogens (tertiary/aromatic N) is 3. The Bertz CT molecular complexity index is 1580. The molecular weight excluding hydrogens is 609 g/mol. The third-order valence-corrected chi connectivity index (χ3v) is 8.47. The van der Waals surface area contributed by atoms with Gasteiger partial charge in [-0.25, -0.2) is 18.2 Å². The molecule has 43 heavy (non-hydrogen) atoms. The van der Waals surface area contributed by atoms with E-state index in [0.29, 0.717) is 28.2 Å². The second-order valence-corrected chi connectivity index (χ2v) is 11.7. The lowest BCUT2D eigenvalue weighted by Crippen LogP contribution is -2.53. The molecule has 0 fully saturated rings. The maximum absolute atomic E-state index is 15.0. The van der Waals surface area contributed by atoms with Gasteiger partial charge in [-0.2, -0.15) is 5.90 Å². The molecule has 229 valence electrons. The van der Waals surface area contributed by atoms with Crippen LogP contribution in [0.2, 0.25) is 0 Å². The summed E-state index contributed by atoms with van der Waals surface area (Å²) in [5.74, 6) is 1.90. The standard InChI is InChI=1S/C28H30F3N4O6S2/c1-34(20-9-10-25(38-2)26(13-20)39-3)27-16-33-28(35(27)19-7-5-18(29)6-8-19)42-17-22-23(30)14-21(15-24(22)31)40-11-4-12-43(36,37)41-32/h5-10,13-16H,4,11-12,17H2,1-3,32H3/q+2. The van der Waals surface area contributed by atoms with Crippen molar-refractivity contribution in [2.24, 2.45) is 0 Å². The van der Waals surface area contributed by atoms with Gasteiger partial charge in [0.2, 0.25) is 0 Å². The van der Waals surface area contributed by atoms with Crippen LogP contribution in [-0.2, 0) is 29.3 Å². The SMILES string of the molecule is COc1ccc(N(C)c2cnc(SCc3c(F)cc(OCCC[S+]([O])(=O)O[NH3+])cc3F)n2-c2ccc(F)cc2)cc1OC. The molecule has 15 heteroatoms. The zero-order valence-corrected chi connectivity index (χ0v) is 25.2. The fraction of sp³-hybridized carbons (Fsp3) is 0.250. The first-order chi connectivity index (χ1) is 20.6. The predicted molar refractivity (Wildman–Crippen MR) is 155 cm³/mol. The molecular formula is C28H30F3N4O6S2+2. The number of methoxy groups -OCH3 is 2. The third-order valence-electron chi connectivity index (χ3n) is 6.34. The minimum Gasteiger partial charge on any atom is -0.493 e. The summed E-state index contributed by atoms with van der Waals surface area (Å²) in [5.41, 5.74) is 1.12. The van der Waals surface area contributed by atoms with Crippen molar-refractivity contribution < 1.29 is 46.3 Å². The van der Waals surface area contributed by atoms with Crippen molar-refractivity contribution in [3.8, 4) is 22.9 Å². The van der Waals surface area contributed by atoms with Gasteiger partial charge in [0.1, 0.15) is 29.0 Å². The van der Waals surface area contributed by atoms with Gasteiger partial charge in [-0.1, -0.05) is 11.8 Å². The molecule has 0 amide bonds. The molecule has 0 saturated heterocycles. The molecule has 0 bridgehead atoms. The molecule has 0 aliphatic rings. The molecule has 3 aromatic carbocycles. The molecule has 1 heterocycles. The average molecular weight is 640 g/mol. The third kappa shape index (κ3) is 7.80. The Morgan fingerprint density at radius 1 is 1.00 bits per heavy atom. The Morgan fingerprint density at radius 2 is 1.67 bits per heavy atom. The highest BCUT2D eigenvalue weighted by Crippen LogP contribution is 2.37. The number of imidazole rings is 1. The second kappa shape index (κ2) is 14.1. The predicted octanol–water partition coefficient (Wildman–Crippen LogP) is 5.07. The summed E-state index contributed by atoms with van der Waals surface area (Å²) in [6, 6.07) is 13.2. The van der Waals surface area contributed by atoms with Gasteiger partial charge in [0.25, 0.3) is 0 Å². The van der Waals surface area contributed by atoms with Crippen molar-refractivity contribution in [3.05, 3.63) is 83.8 Å². The van der Waals surface area contributed by atoms with E-state index in [1.54, 1.807) is 35.0 Å². The van der Waals surface area contributed by atoms with Gasteiger partial charge in [-0.05, 0) is 40.6 Å². The molecule has 10 nitrogen and oxygen atoms in total. The van der Waals surface area contributed by atoms with Crippen molar-refractivity contribution in [2.75, 3.05) is 38.5 Å². The Morgan fingerprint density at radius 3 is 2.30 bits per heavy atom. The number of benzene rings is 3. The monoisotopic (exact) mass is 639 g/mol. The van der Waals surface area contributed by atoms with Crippen molar-refractivity contribution in [1.82, 2.24) is 9.55 Å². The molecule has 4 rings (SSSR count). The van der Waals surface area contributed by atoms with Crippen LogP contribution in [0.3, 0.4) is 0 Å². The van der Waals surface area contributed by atoms with Gasteiger partial charge in [0.15, 0.2) is 22.4 Å². The minimum atomic E-state index is -3.76. The van der Waals surface area contributed by atoms with Gasteiger partial charge >= 0.3 is 10.5 Å². The van der Waals surface area contributed by atoms with Gasteiger partial charge < -0.3 is 19.1 Å². The molecule has 0 saturated carbocycles. The van der Waals surface area contributed by atoms with E-state index >= 15 is 0 Å². The zero-order chi connectivity index (χ0) is 31.1. The number of quaternary nitrogens is 1. The Kier molecular flexibility index (Phi) is 10.6. The molecule has 1 unspecified atom stereocenters. The molecule has 0 spiro atoms. The fourth-order valence-corrected chi connectivity index (χ4v) is 5.68. The summed E-state index contributed by atoms with van der Waals surface area (Å²) in [5, 5.41) is 0.405. The van der Waals surface area contributed by atoms with Crippen molar-refractivity contribution in [3.63, 3.8) is 0 Å². The van der Waals surface area contributed by atoms with Crippen LogP contribution in [0.15, 0.2) is 66.0 Å². The van der Waals surface area contributed by atoms with E-state index < -0.39 is 27.9 Å². The summed E-state index contributed by atoms with van der Waals surface area (Å²) in [6.45, 7) is -0.0962. The maximum Gasteiger partial charge on any atom is 0.448 e. The molecule has 1 atom stereocenters. The summed E-state index contributed by atoms with van der Waals surface area (Å²) in [7, 11) is 1.12. The topological polar surface area (TPSA) is 123 Å². The van der Waals surface area contributed by atoms with E-state index in [4.69, 9.17) is 14.2 Å². The number of halogens is 3. The van der Waals surface area contributed by atoms with Crippen LogP contribution in [0, 0.1) is 17.5 Å². The molecule has 0 aliphatic carbocycles. The highest BCUT2D eigenvalue weighted by molar-refractivity contribution is 7.98. The van der Waals surface area contributed by atoms with Crippen LogP contribution in [0.4, 0.5) is 24.7 Å². The highest BCUT2D eigenvalue weighted by Gasteiger charge is 2.31. The van der Waals surface area contributed by atoms with Crippen LogP contribution in [-0.4, -0.2) is 43.2 Å². The van der Waals surface area contributed by atoms with E-state index in [-0.39, 0.29) is 35.8 Å². The van der Waals surface area contributed by atoms with Crippen molar-refractivity contribution >= 4 is 33.8 Å². The molecule has 3 N–H and O–H groups in total. The quantitative estimate of drug-likeness (QED) is 0.0879. The van der Waals surface area contributed by atoms with Gasteiger partial charge in [-0.15, -0.1) is 0 Å². The average Bonchev–Trinajstić information content (AvgIpc) is 3.42. The fourth-order valence-electron chi connectivity index (χ4n) is 4.09. The number of rotatable bonds is 14. The number of thioether (sulfide) groups is 1. The molecule has 1 radical (unpaired) electrons. The molecule has 4 aromatic rings. The highest BCUT2D eigenvalue weighted by atomic mass is 32.3. The lowest BCUT2D eigenvalue weighted by molar-refractivity contribution is -0.637. The van der Waals surface area contributed by atoms with Crippen LogP contribution < -0.4 is 25.0 Å². The van der Waals surface area contributed by atoms with Crippen LogP contribution in [0.5, 0.6) is 17.2 Å². The summed E-state index contributed by atoms with van der Waals surface area (Å²) in [6.07, 6.45) is 1.65. The van der Waals surface area contributed by atoms with Crippen LogP contribution >= 0.6 is 11.8 Å². The van der Waals surface area contributed by atoms with E-state index in [1.165, 1.54) is 26.4 Å². The van der Waals surface area contributed by atoms with Gasteiger partial charge in [0.05, 0.1) is 31.6 Å². The van der Waals surface area contributed by atoms with Gasteiger partial charge in [-0.3, -0.25) is 4.57 Å². The normalized spacial score (nSPS) is 12.6. The Labute approximate surface area is 251 Å². The molecule has 0 aliphatic heterocycles. The van der Waals surface area contributed by atoms with E-state index in [2.05, 4.69) is 15.2 Å². The minimum absolute atomic E-state index is 0.0465. The maximum atomic E-state index is 15.0. The van der Waals surface area contributed by atoms with Crippen molar-refractivity contribution in [1.29, 1.82) is 0 Å². The summed E-state index contributed by atoms with van der Waals surface area (Å²) in [4.78, 5) is 6.35. The first-order valence-electron chi connectivity index (χ1n) is 12.8. The zero-order valence-electron chi connectivity index (χ0n) is 23.6. The number of aromatic nitrogens is 2. The number of hydrogen-bond donors (Lipinski definition) is 1. The molecule has 1 aromatic heterocycles. The largest absolute Gasteiger partial charge is 0.493 e. The van der Waals surface area contributed by atoms with Gasteiger partial charge in [0, 0.05) is 58.6 Å². The Hall–Kier alpha value is -3.76. The first-order valence-corrected chi connectivity index (χ1v) is 15.3. The lowest BCUT2D eigenvalue weighted by Gasteiger charge is -2.23. The summed E-state index contributed by atoms with van der Waals surface area (Å²) < 4.78 is 88.3. The Balaban J connectivity index is 1.57. The smallest absolute Gasteiger partial charge is 0.448 e. The number of anilines is 2. The summed E-state index contributed by atoms with van der Waals surface area (Å²) >= 11 is 1.09. The van der Waals surface area contributed by atoms with Crippen LogP contribution in [0.1, 0.15) is 12.0 Å². The second-order valence-electron chi connectivity index (χ2n) is 9.04. The van der Waals surface area contributed by atoms with E-state index in [0.717, 1.165) is 29.6 Å². The first kappa shape index (κ1) is 32.2. The van der Waals surface area contributed by atoms with Crippen LogP contribution in [0.25, 0.3) is 5.69 Å². The number of ether oxygens (including phenoxy) is 3. The van der Waals surface area contributed by atoms with E-state index in [9.17, 15) is 21.9 Å². The number of hydrogen-bond acceptors (Lipinski definition) is 8. The van der Waals surface area contributed by atoms with E-state index in [1.807, 2.05) is 18.0 Å². The lowest BCUT2D eigenvalue weighted by atomic mass is 10.2.